The Morgan fingerprint density at radius 1 is 1.24 bits per heavy atom. The molecule has 1 atom stereocenters. The fraction of sp³-hybridized carbons (Fsp3) is 0.478. The van der Waals surface area contributed by atoms with Crippen LogP contribution in [0.1, 0.15) is 42.5 Å². The van der Waals surface area contributed by atoms with Crippen molar-refractivity contribution in [2.75, 3.05) is 37.1 Å². The molecule has 0 aliphatic rings. The van der Waals surface area contributed by atoms with Crippen molar-refractivity contribution in [3.63, 3.8) is 0 Å². The number of nitrogens with two attached hydrogens (primary N) is 1. The number of nitrogens with one attached hydrogen (secondary N) is 3. The van der Waals surface area contributed by atoms with Crippen molar-refractivity contribution in [2.24, 2.45) is 5.73 Å². The van der Waals surface area contributed by atoms with E-state index >= 15 is 0 Å². The summed E-state index contributed by atoms with van der Waals surface area (Å²) >= 11 is 1.45. The van der Waals surface area contributed by atoms with Gasteiger partial charge in [0.1, 0.15) is 5.37 Å². The molecule has 1 heterocycles. The van der Waals surface area contributed by atoms with Crippen molar-refractivity contribution < 1.29 is 9.59 Å². The van der Waals surface area contributed by atoms with Crippen molar-refractivity contribution in [1.82, 2.24) is 20.6 Å². The van der Waals surface area contributed by atoms with Gasteiger partial charge in [0.05, 0.1) is 5.69 Å². The van der Waals surface area contributed by atoms with E-state index in [0.29, 0.717) is 31.0 Å². The van der Waals surface area contributed by atoms with Crippen LogP contribution in [0.2, 0.25) is 0 Å². The van der Waals surface area contributed by atoms with Gasteiger partial charge in [-0.2, -0.15) is 0 Å². The first-order valence-corrected chi connectivity index (χ1v) is 12.3. The molecule has 0 aliphatic carbocycles. The second-order valence-electron chi connectivity index (χ2n) is 7.88. The molecule has 1 aromatic carbocycles. The number of hydrogen-bond donors (Lipinski definition) is 4. The Balaban J connectivity index is 2.23. The summed E-state index contributed by atoms with van der Waals surface area (Å²) in [7, 11) is 3.71. The number of primary amides is 1. The van der Waals surface area contributed by atoms with Crippen LogP contribution in [-0.2, 0) is 17.6 Å². The molecule has 0 aliphatic heterocycles. The number of anilines is 3. The quantitative estimate of drug-likeness (QED) is 0.346. The van der Waals surface area contributed by atoms with Gasteiger partial charge in [0, 0.05) is 25.3 Å². The van der Waals surface area contributed by atoms with E-state index in [1.54, 1.807) is 7.05 Å². The molecular weight excluding hydrogens is 438 g/mol. The lowest BCUT2D eigenvalue weighted by Gasteiger charge is -2.25. The molecule has 0 radical (unpaired) electrons. The standard InChI is InChI=1S/C23H35N7O2S/c1-7-17-21(30(5)14(2)3)29-20(18(28-17)19(24)31)27-16-10-8-9-15(13-16)11-12-26-22(32)23(25-4)33-6/h8-10,13-14,23,25H,7,11-12H2,1-6H3,(H2,24,31)(H,26,32)(H,27,29). The number of thioether (sulfide) groups is 1. The monoisotopic (exact) mass is 473 g/mol. The van der Waals surface area contributed by atoms with Crippen LogP contribution < -0.4 is 26.6 Å². The van der Waals surface area contributed by atoms with Crippen LogP contribution in [0, 0.1) is 0 Å². The molecule has 0 bridgehead atoms. The van der Waals surface area contributed by atoms with Crippen LogP contribution in [0.25, 0.3) is 0 Å². The number of carbonyl (C=O) groups is 2. The fourth-order valence-electron chi connectivity index (χ4n) is 3.20. The predicted molar refractivity (Wildman–Crippen MR) is 136 cm³/mol. The third-order valence-electron chi connectivity index (χ3n) is 5.26. The molecule has 0 saturated heterocycles. The minimum atomic E-state index is -0.634. The minimum absolute atomic E-state index is 0.0431. The van der Waals surface area contributed by atoms with Crippen LogP contribution in [0.3, 0.4) is 0 Å². The Morgan fingerprint density at radius 3 is 2.55 bits per heavy atom. The molecule has 9 nitrogen and oxygen atoms in total. The Bertz CT molecular complexity index is 964. The highest BCUT2D eigenvalue weighted by atomic mass is 32.2. The number of nitrogens with zero attached hydrogens (tertiary/aromatic N) is 3. The first-order valence-electron chi connectivity index (χ1n) is 11.0. The zero-order valence-corrected chi connectivity index (χ0v) is 21.0. The van der Waals surface area contributed by atoms with Crippen molar-refractivity contribution in [3.05, 3.63) is 41.2 Å². The van der Waals surface area contributed by atoms with Crippen LogP contribution in [-0.4, -0.2) is 60.1 Å². The fourth-order valence-corrected chi connectivity index (χ4v) is 3.74. The second-order valence-corrected chi connectivity index (χ2v) is 8.83. The van der Waals surface area contributed by atoms with E-state index in [1.807, 2.05) is 49.4 Å². The van der Waals surface area contributed by atoms with Gasteiger partial charge in [0.2, 0.25) is 5.91 Å². The Morgan fingerprint density at radius 2 is 1.97 bits per heavy atom. The summed E-state index contributed by atoms with van der Waals surface area (Å²) in [5.41, 5.74) is 8.23. The molecule has 5 N–H and O–H groups in total. The van der Waals surface area contributed by atoms with Crippen LogP contribution in [0.15, 0.2) is 24.3 Å². The molecule has 0 fully saturated rings. The third-order valence-corrected chi connectivity index (χ3v) is 6.18. The minimum Gasteiger partial charge on any atom is -0.364 e. The topological polar surface area (TPSA) is 125 Å². The lowest BCUT2D eigenvalue weighted by molar-refractivity contribution is -0.120. The Hall–Kier alpha value is -2.85. The van der Waals surface area contributed by atoms with Gasteiger partial charge in [-0.15, -0.1) is 11.8 Å². The number of rotatable bonds is 12. The van der Waals surface area contributed by atoms with Crippen molar-refractivity contribution in [1.29, 1.82) is 0 Å². The molecule has 33 heavy (non-hydrogen) atoms. The largest absolute Gasteiger partial charge is 0.364 e. The summed E-state index contributed by atoms with van der Waals surface area (Å²) in [5.74, 6) is 0.361. The second kappa shape index (κ2) is 12.4. The van der Waals surface area contributed by atoms with Gasteiger partial charge in [-0.3, -0.25) is 9.59 Å². The smallest absolute Gasteiger partial charge is 0.271 e. The van der Waals surface area contributed by atoms with Gasteiger partial charge in [0.15, 0.2) is 17.3 Å². The molecule has 10 heteroatoms. The van der Waals surface area contributed by atoms with Gasteiger partial charge in [-0.25, -0.2) is 9.97 Å². The van der Waals surface area contributed by atoms with Crippen molar-refractivity contribution in [2.45, 2.75) is 45.0 Å². The van der Waals surface area contributed by atoms with Gasteiger partial charge in [-0.1, -0.05) is 19.1 Å². The summed E-state index contributed by atoms with van der Waals surface area (Å²) in [5, 5.41) is 8.85. The highest BCUT2D eigenvalue weighted by Gasteiger charge is 2.20. The summed E-state index contributed by atoms with van der Waals surface area (Å²) in [4.78, 5) is 35.5. The highest BCUT2D eigenvalue weighted by Crippen LogP contribution is 2.25. The van der Waals surface area contributed by atoms with E-state index in [2.05, 4.69) is 34.8 Å². The number of carbonyl (C=O) groups excluding carboxylic acids is 2. The molecule has 1 unspecified atom stereocenters. The van der Waals surface area contributed by atoms with E-state index in [-0.39, 0.29) is 23.0 Å². The van der Waals surface area contributed by atoms with Crippen LogP contribution >= 0.6 is 11.8 Å². The molecule has 2 aromatic rings. The van der Waals surface area contributed by atoms with E-state index in [9.17, 15) is 9.59 Å². The SMILES string of the molecule is CCc1nc(C(N)=O)c(Nc2cccc(CCNC(=O)C(NC)SC)c2)nc1N(C)C(C)C. The normalized spacial score (nSPS) is 11.8. The van der Waals surface area contributed by atoms with E-state index in [1.165, 1.54) is 11.8 Å². The van der Waals surface area contributed by atoms with Crippen molar-refractivity contribution in [3.8, 4) is 0 Å². The number of aromatic nitrogens is 2. The maximum absolute atomic E-state index is 12.1. The zero-order valence-electron chi connectivity index (χ0n) is 20.2. The third kappa shape index (κ3) is 7.06. The Labute approximate surface area is 200 Å². The predicted octanol–water partition coefficient (Wildman–Crippen LogP) is 2.29. The number of aryl methyl sites for hydroxylation is 1. The summed E-state index contributed by atoms with van der Waals surface area (Å²) in [6.07, 6.45) is 3.18. The molecule has 2 amide bonds. The van der Waals surface area contributed by atoms with Crippen molar-refractivity contribution >= 4 is 40.9 Å². The molecule has 180 valence electrons. The average Bonchev–Trinajstić information content (AvgIpc) is 2.79. The van der Waals surface area contributed by atoms with Crippen LogP contribution in [0.5, 0.6) is 0 Å². The van der Waals surface area contributed by atoms with Gasteiger partial charge < -0.3 is 26.6 Å². The molecule has 0 spiro atoms. The molecular formula is C23H35N7O2S. The lowest BCUT2D eigenvalue weighted by Crippen LogP contribution is -2.40. The Kier molecular flexibility index (Phi) is 9.93. The van der Waals surface area contributed by atoms with E-state index in [4.69, 9.17) is 10.7 Å². The van der Waals surface area contributed by atoms with E-state index in [0.717, 1.165) is 16.9 Å². The zero-order chi connectivity index (χ0) is 24.5. The maximum Gasteiger partial charge on any atom is 0.271 e. The lowest BCUT2D eigenvalue weighted by atomic mass is 10.1. The van der Waals surface area contributed by atoms with Crippen LogP contribution in [0.4, 0.5) is 17.3 Å². The summed E-state index contributed by atoms with van der Waals surface area (Å²) < 4.78 is 0. The maximum atomic E-state index is 12.1. The van der Waals surface area contributed by atoms with E-state index < -0.39 is 5.91 Å². The first kappa shape index (κ1) is 26.4. The van der Waals surface area contributed by atoms with Gasteiger partial charge in [-0.05, 0) is 57.7 Å². The average molecular weight is 474 g/mol. The highest BCUT2D eigenvalue weighted by molar-refractivity contribution is 7.99. The molecule has 1 aromatic heterocycles. The number of likely N-dealkylation sites (N-methyl/N-ethyl adjacent to an activating group) is 1. The number of hydrogen-bond acceptors (Lipinski definition) is 8. The summed E-state index contributed by atoms with van der Waals surface area (Å²) in [6.45, 7) is 6.62. The summed E-state index contributed by atoms with van der Waals surface area (Å²) in [6, 6.07) is 7.96. The van der Waals surface area contributed by atoms with Gasteiger partial charge in [0.25, 0.3) is 5.91 Å². The first-order chi connectivity index (χ1) is 15.7. The van der Waals surface area contributed by atoms with Gasteiger partial charge >= 0.3 is 0 Å². The molecule has 2 rings (SSSR count). The number of benzene rings is 1. The number of amides is 2. The molecule has 0 saturated carbocycles.